The number of carbonyl (C=O) groups is 2. The number of thiophene rings is 1. The molecule has 0 bridgehead atoms. The first-order chi connectivity index (χ1) is 12.1. The number of rotatable bonds is 6. The van der Waals surface area contributed by atoms with Crippen LogP contribution in [-0.4, -0.2) is 27.9 Å². The third kappa shape index (κ3) is 4.30. The van der Waals surface area contributed by atoms with Gasteiger partial charge in [-0.15, -0.1) is 11.3 Å². The Morgan fingerprint density at radius 2 is 2.12 bits per heavy atom. The number of hydrogen-bond acceptors (Lipinski definition) is 4. The lowest BCUT2D eigenvalue weighted by Crippen LogP contribution is -2.36. The molecule has 2 aromatic heterocycles. The first-order valence-corrected chi connectivity index (χ1v) is 8.36. The Labute approximate surface area is 147 Å². The van der Waals surface area contributed by atoms with Gasteiger partial charge in [-0.2, -0.15) is 0 Å². The van der Waals surface area contributed by atoms with Crippen LogP contribution in [0.3, 0.4) is 0 Å². The van der Waals surface area contributed by atoms with Crippen molar-refractivity contribution in [2.75, 3.05) is 6.54 Å². The van der Waals surface area contributed by atoms with Gasteiger partial charge in [0.15, 0.2) is 0 Å². The summed E-state index contributed by atoms with van der Waals surface area (Å²) in [6.07, 6.45) is 4.73. The number of nitrogens with one attached hydrogen (secondary N) is 2. The van der Waals surface area contributed by atoms with Crippen molar-refractivity contribution >= 4 is 23.2 Å². The van der Waals surface area contributed by atoms with E-state index in [1.165, 1.54) is 23.7 Å². The van der Waals surface area contributed by atoms with E-state index in [2.05, 4.69) is 15.6 Å². The minimum absolute atomic E-state index is 0.133. The predicted octanol–water partition coefficient (Wildman–Crippen LogP) is 2.12. The number of hydrogen-bond donors (Lipinski definition) is 2. The summed E-state index contributed by atoms with van der Waals surface area (Å²) < 4.78 is 15.7. The van der Waals surface area contributed by atoms with Gasteiger partial charge in [-0.1, -0.05) is 12.1 Å². The van der Waals surface area contributed by atoms with Gasteiger partial charge in [-0.25, -0.2) is 9.37 Å². The summed E-state index contributed by atoms with van der Waals surface area (Å²) in [6, 6.07) is 8.16. The fourth-order valence-corrected chi connectivity index (χ4v) is 2.83. The van der Waals surface area contributed by atoms with Gasteiger partial charge in [0.25, 0.3) is 5.91 Å². The summed E-state index contributed by atoms with van der Waals surface area (Å²) >= 11 is 1.30. The lowest BCUT2D eigenvalue weighted by atomic mass is 10.2. The summed E-state index contributed by atoms with van der Waals surface area (Å²) in [7, 11) is 0. The highest BCUT2D eigenvalue weighted by Crippen LogP contribution is 2.14. The normalized spacial score (nSPS) is 10.4. The zero-order valence-electron chi connectivity index (χ0n) is 13.1. The Morgan fingerprint density at radius 3 is 2.80 bits per heavy atom. The molecule has 0 spiro atoms. The van der Waals surface area contributed by atoms with Crippen molar-refractivity contribution in [2.45, 2.75) is 6.54 Å². The van der Waals surface area contributed by atoms with Gasteiger partial charge in [-0.3, -0.25) is 9.59 Å². The topological polar surface area (TPSA) is 76.0 Å². The third-order valence-electron chi connectivity index (χ3n) is 3.44. The number of carbonyl (C=O) groups excluding carboxylic acids is 2. The molecule has 2 heterocycles. The van der Waals surface area contributed by atoms with E-state index in [9.17, 15) is 14.0 Å². The van der Waals surface area contributed by atoms with Crippen LogP contribution < -0.4 is 10.6 Å². The molecule has 0 radical (unpaired) electrons. The van der Waals surface area contributed by atoms with E-state index in [0.717, 1.165) is 0 Å². The monoisotopic (exact) mass is 358 g/mol. The van der Waals surface area contributed by atoms with Gasteiger partial charge >= 0.3 is 0 Å². The molecular weight excluding hydrogens is 343 g/mol. The molecule has 0 aliphatic heterocycles. The van der Waals surface area contributed by atoms with Crippen LogP contribution in [0.5, 0.6) is 0 Å². The van der Waals surface area contributed by atoms with E-state index in [1.54, 1.807) is 46.6 Å². The number of nitrogens with zero attached hydrogens (tertiary/aromatic N) is 2. The molecule has 2 amide bonds. The summed E-state index contributed by atoms with van der Waals surface area (Å²) in [5.41, 5.74) is 1.01. The molecule has 0 saturated heterocycles. The van der Waals surface area contributed by atoms with Crippen LogP contribution in [0.15, 0.2) is 54.4 Å². The highest BCUT2D eigenvalue weighted by atomic mass is 32.1. The van der Waals surface area contributed by atoms with Crippen molar-refractivity contribution in [1.82, 2.24) is 20.2 Å². The minimum atomic E-state index is -0.407. The first-order valence-electron chi connectivity index (χ1n) is 7.48. The van der Waals surface area contributed by atoms with Crippen LogP contribution >= 0.6 is 11.3 Å². The smallest absolute Gasteiger partial charge is 0.261 e. The lowest BCUT2D eigenvalue weighted by Gasteiger charge is -2.09. The van der Waals surface area contributed by atoms with Crippen molar-refractivity contribution in [3.63, 3.8) is 0 Å². The maximum absolute atomic E-state index is 14.1. The standard InChI is InChI=1S/C17H15FN4O2S/c18-13-8-12(3-4-14(13)22-6-5-19-11-22)9-20-16(23)10-21-17(24)15-2-1-7-25-15/h1-8,11H,9-10H2,(H,20,23)(H,21,24). The first kappa shape index (κ1) is 16.8. The molecule has 8 heteroatoms. The number of imidazole rings is 1. The van der Waals surface area contributed by atoms with Gasteiger partial charge in [-0.05, 0) is 29.1 Å². The Kier molecular flexibility index (Phi) is 5.20. The summed E-state index contributed by atoms with van der Waals surface area (Å²) in [5.74, 6) is -1.04. The van der Waals surface area contributed by atoms with Crippen LogP contribution in [0.25, 0.3) is 5.69 Å². The highest BCUT2D eigenvalue weighted by molar-refractivity contribution is 7.12. The number of amides is 2. The van der Waals surface area contributed by atoms with Gasteiger partial charge in [0.2, 0.25) is 5.91 Å². The summed E-state index contributed by atoms with van der Waals surface area (Å²) in [6.45, 7) is 0.0428. The lowest BCUT2D eigenvalue weighted by molar-refractivity contribution is -0.120. The van der Waals surface area contributed by atoms with Crippen molar-refractivity contribution in [3.8, 4) is 5.69 Å². The Bertz CT molecular complexity index is 863. The number of halogens is 1. The molecule has 25 heavy (non-hydrogen) atoms. The Hall–Kier alpha value is -3.00. The van der Waals surface area contributed by atoms with Crippen LogP contribution in [0.2, 0.25) is 0 Å². The molecule has 2 N–H and O–H groups in total. The van der Waals surface area contributed by atoms with Crippen LogP contribution in [0, 0.1) is 5.82 Å². The molecule has 0 aliphatic rings. The van der Waals surface area contributed by atoms with Crippen LogP contribution in [0.1, 0.15) is 15.2 Å². The fourth-order valence-electron chi connectivity index (χ4n) is 2.19. The van der Waals surface area contributed by atoms with E-state index >= 15 is 0 Å². The SMILES string of the molecule is O=C(CNC(=O)c1cccs1)NCc1ccc(-n2ccnc2)c(F)c1. The van der Waals surface area contributed by atoms with E-state index in [1.807, 2.05) is 0 Å². The molecule has 128 valence electrons. The van der Waals surface area contributed by atoms with Crippen molar-refractivity contribution in [2.24, 2.45) is 0 Å². The number of benzene rings is 1. The maximum atomic E-state index is 14.1. The third-order valence-corrected chi connectivity index (χ3v) is 4.31. The molecule has 0 atom stereocenters. The van der Waals surface area contributed by atoms with Gasteiger partial charge in [0.1, 0.15) is 5.82 Å². The molecule has 1 aromatic carbocycles. The van der Waals surface area contributed by atoms with E-state index in [4.69, 9.17) is 0 Å². The average molecular weight is 358 g/mol. The van der Waals surface area contributed by atoms with Gasteiger partial charge in [0.05, 0.1) is 23.4 Å². The predicted molar refractivity (Wildman–Crippen MR) is 92.0 cm³/mol. The van der Waals surface area contributed by atoms with Gasteiger partial charge in [0, 0.05) is 18.9 Å². The fraction of sp³-hybridized carbons (Fsp3) is 0.118. The Balaban J connectivity index is 1.50. The summed E-state index contributed by atoms with van der Waals surface area (Å²) in [4.78, 5) is 28.0. The molecule has 0 aliphatic carbocycles. The molecule has 0 saturated carbocycles. The van der Waals surface area contributed by atoms with Crippen LogP contribution in [0.4, 0.5) is 4.39 Å². The maximum Gasteiger partial charge on any atom is 0.261 e. The van der Waals surface area contributed by atoms with Crippen molar-refractivity contribution in [1.29, 1.82) is 0 Å². The molecule has 3 aromatic rings. The number of aromatic nitrogens is 2. The molecule has 3 rings (SSSR count). The van der Waals surface area contributed by atoms with Crippen molar-refractivity contribution < 1.29 is 14.0 Å². The second-order valence-corrected chi connectivity index (χ2v) is 6.14. The molecule has 6 nitrogen and oxygen atoms in total. The molecule has 0 unspecified atom stereocenters. The van der Waals surface area contributed by atoms with E-state index in [-0.39, 0.29) is 24.9 Å². The largest absolute Gasteiger partial charge is 0.350 e. The molecular formula is C17H15FN4O2S. The minimum Gasteiger partial charge on any atom is -0.350 e. The van der Waals surface area contributed by atoms with Crippen LogP contribution in [-0.2, 0) is 11.3 Å². The summed E-state index contributed by atoms with van der Waals surface area (Å²) in [5, 5.41) is 6.97. The second-order valence-electron chi connectivity index (χ2n) is 5.19. The Morgan fingerprint density at radius 1 is 1.24 bits per heavy atom. The van der Waals surface area contributed by atoms with Crippen molar-refractivity contribution in [3.05, 3.63) is 70.7 Å². The average Bonchev–Trinajstić information content (AvgIpc) is 3.31. The van der Waals surface area contributed by atoms with Gasteiger partial charge < -0.3 is 15.2 Å². The van der Waals surface area contributed by atoms with E-state index < -0.39 is 5.82 Å². The molecule has 0 fully saturated rings. The second kappa shape index (κ2) is 7.71. The quantitative estimate of drug-likeness (QED) is 0.709. The van der Waals surface area contributed by atoms with E-state index in [0.29, 0.717) is 16.1 Å². The zero-order valence-corrected chi connectivity index (χ0v) is 13.9. The zero-order chi connectivity index (χ0) is 17.6. The highest BCUT2D eigenvalue weighted by Gasteiger charge is 2.09.